The fourth-order valence-electron chi connectivity index (χ4n) is 1.34. The number of carbonyl (C=O) groups is 1. The Morgan fingerprint density at radius 2 is 2.12 bits per heavy atom. The molecule has 1 heterocycles. The third-order valence-electron chi connectivity index (χ3n) is 2.43. The number of ketones is 1. The third-order valence-corrected chi connectivity index (χ3v) is 2.43. The molecular weight excluding hydrogens is 200 g/mol. The van der Waals surface area contributed by atoms with Gasteiger partial charge in [-0.25, -0.2) is 0 Å². The first-order valence-electron chi connectivity index (χ1n) is 5.50. The molecule has 0 atom stereocenters. The lowest BCUT2D eigenvalue weighted by Gasteiger charge is -2.22. The standard InChI is InChI=1S/C13H20N2O/c1-13(2,3)12(16)10-15(4)9-11-6-5-7-14-8-11/h5-8H,9-10H2,1-4H3. The summed E-state index contributed by atoms with van der Waals surface area (Å²) in [6.45, 7) is 7.10. The van der Waals surface area contributed by atoms with Crippen molar-refractivity contribution in [1.82, 2.24) is 9.88 Å². The van der Waals surface area contributed by atoms with Crippen LogP contribution in [0.4, 0.5) is 0 Å². The van der Waals surface area contributed by atoms with Crippen LogP contribution in [0.2, 0.25) is 0 Å². The first-order chi connectivity index (χ1) is 7.39. The fraction of sp³-hybridized carbons (Fsp3) is 0.538. The van der Waals surface area contributed by atoms with Gasteiger partial charge in [0.2, 0.25) is 0 Å². The van der Waals surface area contributed by atoms with Crippen LogP contribution in [0.5, 0.6) is 0 Å². The van der Waals surface area contributed by atoms with Crippen molar-refractivity contribution >= 4 is 5.78 Å². The van der Waals surface area contributed by atoms with Crippen LogP contribution in [0.3, 0.4) is 0 Å². The van der Waals surface area contributed by atoms with Crippen LogP contribution in [0.15, 0.2) is 24.5 Å². The van der Waals surface area contributed by atoms with E-state index in [4.69, 9.17) is 0 Å². The summed E-state index contributed by atoms with van der Waals surface area (Å²) in [5.41, 5.74) is 0.870. The quantitative estimate of drug-likeness (QED) is 0.779. The fourth-order valence-corrected chi connectivity index (χ4v) is 1.34. The number of carbonyl (C=O) groups excluding carboxylic acids is 1. The Kier molecular flexibility index (Phi) is 4.19. The van der Waals surface area contributed by atoms with Gasteiger partial charge in [-0.3, -0.25) is 14.7 Å². The monoisotopic (exact) mass is 220 g/mol. The van der Waals surface area contributed by atoms with Crippen LogP contribution >= 0.6 is 0 Å². The summed E-state index contributed by atoms with van der Waals surface area (Å²) in [7, 11) is 1.96. The molecule has 0 saturated heterocycles. The number of rotatable bonds is 4. The van der Waals surface area contributed by atoms with Gasteiger partial charge in [0.05, 0.1) is 6.54 Å². The van der Waals surface area contributed by atoms with Crippen molar-refractivity contribution < 1.29 is 4.79 Å². The molecule has 0 aliphatic rings. The van der Waals surface area contributed by atoms with Gasteiger partial charge >= 0.3 is 0 Å². The molecular formula is C13H20N2O. The van der Waals surface area contributed by atoms with Crippen molar-refractivity contribution in [1.29, 1.82) is 0 Å². The summed E-state index contributed by atoms with van der Waals surface area (Å²) >= 11 is 0. The average molecular weight is 220 g/mol. The van der Waals surface area contributed by atoms with Crippen LogP contribution in [0, 0.1) is 5.41 Å². The Morgan fingerprint density at radius 3 is 2.62 bits per heavy atom. The third kappa shape index (κ3) is 4.11. The van der Waals surface area contributed by atoms with Crippen LogP contribution in [0.25, 0.3) is 0 Å². The summed E-state index contributed by atoms with van der Waals surface area (Å²) in [6.07, 6.45) is 3.59. The van der Waals surface area contributed by atoms with Crippen LogP contribution in [0.1, 0.15) is 26.3 Å². The van der Waals surface area contributed by atoms with E-state index in [1.807, 2.05) is 51.0 Å². The SMILES string of the molecule is CN(CC(=O)C(C)(C)C)Cc1cccnc1. The highest BCUT2D eigenvalue weighted by atomic mass is 16.1. The van der Waals surface area contributed by atoms with Crippen LogP contribution < -0.4 is 0 Å². The van der Waals surface area contributed by atoms with Gasteiger partial charge in [-0.15, -0.1) is 0 Å². The maximum Gasteiger partial charge on any atom is 0.152 e. The molecule has 3 heteroatoms. The van der Waals surface area contributed by atoms with Gasteiger partial charge in [0, 0.05) is 24.4 Å². The number of Topliss-reactive ketones (excluding diaryl/α,β-unsaturated/α-hetero) is 1. The minimum absolute atomic E-state index is 0.261. The van der Waals surface area contributed by atoms with E-state index in [1.165, 1.54) is 0 Å². The van der Waals surface area contributed by atoms with Crippen LogP contribution in [-0.4, -0.2) is 29.3 Å². The number of aromatic nitrogens is 1. The van der Waals surface area contributed by atoms with Crippen molar-refractivity contribution in [3.05, 3.63) is 30.1 Å². The van der Waals surface area contributed by atoms with E-state index in [9.17, 15) is 4.79 Å². The Hall–Kier alpha value is -1.22. The first kappa shape index (κ1) is 12.8. The number of pyridine rings is 1. The summed E-state index contributed by atoms with van der Waals surface area (Å²) in [5, 5.41) is 0. The van der Waals surface area contributed by atoms with E-state index in [0.29, 0.717) is 6.54 Å². The van der Waals surface area contributed by atoms with Gasteiger partial charge in [0.15, 0.2) is 5.78 Å². The molecule has 0 N–H and O–H groups in total. The molecule has 0 aliphatic carbocycles. The molecule has 1 aromatic heterocycles. The van der Waals surface area contributed by atoms with E-state index < -0.39 is 0 Å². The summed E-state index contributed by atoms with van der Waals surface area (Å²) in [4.78, 5) is 17.9. The minimum Gasteiger partial charge on any atom is -0.298 e. The van der Waals surface area contributed by atoms with Gasteiger partial charge in [-0.2, -0.15) is 0 Å². The zero-order valence-corrected chi connectivity index (χ0v) is 10.5. The van der Waals surface area contributed by atoms with Crippen molar-refractivity contribution in [2.45, 2.75) is 27.3 Å². The molecule has 88 valence electrons. The highest BCUT2D eigenvalue weighted by molar-refractivity contribution is 5.85. The largest absolute Gasteiger partial charge is 0.298 e. The van der Waals surface area contributed by atoms with E-state index in [-0.39, 0.29) is 11.2 Å². The molecule has 0 bridgehead atoms. The Bertz CT molecular complexity index is 341. The van der Waals surface area contributed by atoms with E-state index >= 15 is 0 Å². The van der Waals surface area contributed by atoms with Gasteiger partial charge in [0.25, 0.3) is 0 Å². The van der Waals surface area contributed by atoms with Gasteiger partial charge < -0.3 is 0 Å². The number of likely N-dealkylation sites (N-methyl/N-ethyl adjacent to an activating group) is 1. The number of nitrogens with zero attached hydrogens (tertiary/aromatic N) is 2. The number of hydrogen-bond donors (Lipinski definition) is 0. The molecule has 0 amide bonds. The second-order valence-corrected chi connectivity index (χ2v) is 5.21. The van der Waals surface area contributed by atoms with E-state index in [0.717, 1.165) is 12.1 Å². The molecule has 0 spiro atoms. The van der Waals surface area contributed by atoms with Crippen molar-refractivity contribution in [3.8, 4) is 0 Å². The Balaban J connectivity index is 2.49. The highest BCUT2D eigenvalue weighted by Crippen LogP contribution is 2.15. The molecule has 1 aromatic rings. The first-order valence-corrected chi connectivity index (χ1v) is 5.50. The van der Waals surface area contributed by atoms with Crippen molar-refractivity contribution in [2.24, 2.45) is 5.41 Å². The molecule has 1 rings (SSSR count). The predicted octanol–water partition coefficient (Wildman–Crippen LogP) is 2.13. The highest BCUT2D eigenvalue weighted by Gasteiger charge is 2.22. The molecule has 0 saturated carbocycles. The molecule has 0 radical (unpaired) electrons. The lowest BCUT2D eigenvalue weighted by atomic mass is 9.90. The lowest BCUT2D eigenvalue weighted by molar-refractivity contribution is -0.127. The van der Waals surface area contributed by atoms with Crippen molar-refractivity contribution in [3.63, 3.8) is 0 Å². The van der Waals surface area contributed by atoms with Gasteiger partial charge in [-0.05, 0) is 18.7 Å². The molecule has 0 fully saturated rings. The second kappa shape index (κ2) is 5.21. The Morgan fingerprint density at radius 1 is 1.44 bits per heavy atom. The smallest absolute Gasteiger partial charge is 0.152 e. The van der Waals surface area contributed by atoms with E-state index in [1.54, 1.807) is 6.20 Å². The van der Waals surface area contributed by atoms with Gasteiger partial charge in [0.1, 0.15) is 0 Å². The maximum absolute atomic E-state index is 11.8. The molecule has 0 aromatic carbocycles. The zero-order valence-electron chi connectivity index (χ0n) is 10.5. The molecule has 16 heavy (non-hydrogen) atoms. The normalized spacial score (nSPS) is 11.8. The van der Waals surface area contributed by atoms with Crippen LogP contribution in [-0.2, 0) is 11.3 Å². The minimum atomic E-state index is -0.261. The molecule has 0 aliphatic heterocycles. The molecule has 3 nitrogen and oxygen atoms in total. The Labute approximate surface area is 97.5 Å². The zero-order chi connectivity index (χ0) is 12.2. The average Bonchev–Trinajstić information content (AvgIpc) is 2.17. The van der Waals surface area contributed by atoms with Gasteiger partial charge in [-0.1, -0.05) is 26.8 Å². The summed E-state index contributed by atoms with van der Waals surface area (Å²) in [5.74, 6) is 0.263. The van der Waals surface area contributed by atoms with Crippen molar-refractivity contribution in [2.75, 3.05) is 13.6 Å². The maximum atomic E-state index is 11.8. The number of hydrogen-bond acceptors (Lipinski definition) is 3. The summed E-state index contributed by atoms with van der Waals surface area (Å²) < 4.78 is 0. The van der Waals surface area contributed by atoms with E-state index in [2.05, 4.69) is 4.98 Å². The second-order valence-electron chi connectivity index (χ2n) is 5.21. The lowest BCUT2D eigenvalue weighted by Crippen LogP contribution is -2.33. The topological polar surface area (TPSA) is 33.2 Å². The molecule has 0 unspecified atom stereocenters. The predicted molar refractivity (Wildman–Crippen MR) is 65.0 cm³/mol. The summed E-state index contributed by atoms with van der Waals surface area (Å²) in [6, 6.07) is 3.93.